The Morgan fingerprint density at radius 2 is 2.00 bits per heavy atom. The van der Waals surface area contributed by atoms with Gasteiger partial charge in [0.15, 0.2) is 0 Å². The Morgan fingerprint density at radius 3 is 2.76 bits per heavy atom. The summed E-state index contributed by atoms with van der Waals surface area (Å²) in [5.41, 5.74) is 2.27. The Hall–Kier alpha value is -1.94. The quantitative estimate of drug-likeness (QED) is 0.870. The van der Waals surface area contributed by atoms with Crippen molar-refractivity contribution in [1.82, 2.24) is 14.8 Å². The van der Waals surface area contributed by atoms with Crippen LogP contribution in [-0.4, -0.2) is 34.5 Å². The number of aromatic nitrogens is 1. The van der Waals surface area contributed by atoms with E-state index in [1.54, 1.807) is 0 Å². The van der Waals surface area contributed by atoms with Crippen molar-refractivity contribution in [2.24, 2.45) is 0 Å². The van der Waals surface area contributed by atoms with E-state index in [1.807, 2.05) is 29.2 Å². The molecule has 1 N–H and O–H groups in total. The zero-order chi connectivity index (χ0) is 14.7. The third-order valence-electron chi connectivity index (χ3n) is 3.79. The van der Waals surface area contributed by atoms with Gasteiger partial charge in [-0.25, -0.2) is 4.79 Å². The highest BCUT2D eigenvalue weighted by atomic mass is 35.5. The highest BCUT2D eigenvalue weighted by Crippen LogP contribution is 2.32. The van der Waals surface area contributed by atoms with Crippen molar-refractivity contribution < 1.29 is 4.79 Å². The second-order valence-electron chi connectivity index (χ2n) is 5.05. The molecule has 110 valence electrons. The minimum Gasteiger partial charge on any atom is -0.348 e. The lowest BCUT2D eigenvalue weighted by Gasteiger charge is -2.37. The van der Waals surface area contributed by atoms with Crippen LogP contribution in [0.25, 0.3) is 0 Å². The monoisotopic (exact) mass is 303 g/mol. The second-order valence-corrected chi connectivity index (χ2v) is 5.43. The number of fused-ring (bicyclic) bond motifs is 1. The number of hydrogen-bond donors (Lipinski definition) is 1. The van der Waals surface area contributed by atoms with Crippen molar-refractivity contribution in [3.63, 3.8) is 0 Å². The molecule has 5 heteroatoms. The van der Waals surface area contributed by atoms with E-state index in [2.05, 4.69) is 34.3 Å². The van der Waals surface area contributed by atoms with Crippen molar-refractivity contribution >= 4 is 17.6 Å². The topological polar surface area (TPSA) is 37.3 Å². The highest BCUT2D eigenvalue weighted by molar-refractivity contribution is 6.18. The number of halogens is 1. The molecular weight excluding hydrogens is 286 g/mol. The Balaban J connectivity index is 1.95. The molecule has 4 nitrogen and oxygen atoms in total. The van der Waals surface area contributed by atoms with E-state index < -0.39 is 0 Å². The minimum atomic E-state index is -0.0584. The van der Waals surface area contributed by atoms with Crippen LogP contribution in [0.15, 0.2) is 48.7 Å². The summed E-state index contributed by atoms with van der Waals surface area (Å²) < 4.78 is 2.21. The number of alkyl halides is 1. The van der Waals surface area contributed by atoms with Crippen LogP contribution in [0.2, 0.25) is 0 Å². The van der Waals surface area contributed by atoms with E-state index in [-0.39, 0.29) is 12.1 Å². The summed E-state index contributed by atoms with van der Waals surface area (Å²) in [7, 11) is 0. The maximum absolute atomic E-state index is 12.4. The number of benzene rings is 1. The van der Waals surface area contributed by atoms with E-state index in [0.717, 1.165) is 17.8 Å². The molecule has 1 aliphatic heterocycles. The molecule has 0 radical (unpaired) electrons. The highest BCUT2D eigenvalue weighted by Gasteiger charge is 2.31. The van der Waals surface area contributed by atoms with Crippen molar-refractivity contribution in [3.8, 4) is 0 Å². The summed E-state index contributed by atoms with van der Waals surface area (Å²) in [6.45, 7) is 1.99. The number of carbonyl (C=O) groups is 1. The fraction of sp³-hybridized carbons (Fsp3) is 0.312. The number of carbonyl (C=O) groups excluding carboxylic acids is 1. The van der Waals surface area contributed by atoms with Gasteiger partial charge in [-0.3, -0.25) is 0 Å². The Kier molecular flexibility index (Phi) is 4.15. The molecular formula is C16H18ClN3O. The summed E-state index contributed by atoms with van der Waals surface area (Å²) in [4.78, 5) is 14.3. The third-order valence-corrected chi connectivity index (χ3v) is 3.97. The lowest BCUT2D eigenvalue weighted by molar-refractivity contribution is 0.169. The van der Waals surface area contributed by atoms with Crippen LogP contribution in [0.3, 0.4) is 0 Å². The van der Waals surface area contributed by atoms with Crippen LogP contribution in [0.1, 0.15) is 17.3 Å². The summed E-state index contributed by atoms with van der Waals surface area (Å²) in [5, 5.41) is 2.87. The first-order valence-corrected chi connectivity index (χ1v) is 7.65. The minimum absolute atomic E-state index is 0.0507. The number of rotatable bonds is 3. The Labute approximate surface area is 129 Å². The van der Waals surface area contributed by atoms with Crippen molar-refractivity contribution in [2.75, 3.05) is 19.0 Å². The zero-order valence-electron chi connectivity index (χ0n) is 11.7. The van der Waals surface area contributed by atoms with E-state index in [1.165, 1.54) is 0 Å². The number of amides is 2. The van der Waals surface area contributed by atoms with Gasteiger partial charge in [0.05, 0.1) is 6.04 Å². The fourth-order valence-electron chi connectivity index (χ4n) is 2.84. The molecule has 0 saturated carbocycles. The average molecular weight is 304 g/mol. The molecule has 21 heavy (non-hydrogen) atoms. The van der Waals surface area contributed by atoms with Gasteiger partial charge in [0.25, 0.3) is 0 Å². The zero-order valence-corrected chi connectivity index (χ0v) is 12.5. The SMILES string of the molecule is O=C(NCCCl)N1CCn2cccc2C1c1ccccc1. The maximum Gasteiger partial charge on any atom is 0.318 e. The van der Waals surface area contributed by atoms with E-state index in [0.29, 0.717) is 19.0 Å². The molecule has 1 unspecified atom stereocenters. The largest absolute Gasteiger partial charge is 0.348 e. The molecule has 3 rings (SSSR count). The molecule has 2 amide bonds. The van der Waals surface area contributed by atoms with Gasteiger partial charge in [-0.15, -0.1) is 11.6 Å². The van der Waals surface area contributed by atoms with Crippen LogP contribution in [-0.2, 0) is 6.54 Å². The number of nitrogens with zero attached hydrogens (tertiary/aromatic N) is 2. The molecule has 0 saturated heterocycles. The summed E-state index contributed by atoms with van der Waals surface area (Å²) >= 11 is 5.66. The first-order chi connectivity index (χ1) is 10.3. The maximum atomic E-state index is 12.4. The molecule has 1 aromatic carbocycles. The first-order valence-electron chi connectivity index (χ1n) is 7.11. The van der Waals surface area contributed by atoms with Gasteiger partial charge in [-0.05, 0) is 17.7 Å². The van der Waals surface area contributed by atoms with Gasteiger partial charge in [0.1, 0.15) is 0 Å². The lowest BCUT2D eigenvalue weighted by atomic mass is 10.0. The summed E-state index contributed by atoms with van der Waals surface area (Å²) in [6, 6.07) is 14.1. The average Bonchev–Trinajstić information content (AvgIpc) is 3.01. The van der Waals surface area contributed by atoms with Crippen LogP contribution >= 0.6 is 11.6 Å². The van der Waals surface area contributed by atoms with Crippen LogP contribution in [0.5, 0.6) is 0 Å². The van der Waals surface area contributed by atoms with Crippen LogP contribution < -0.4 is 5.32 Å². The van der Waals surface area contributed by atoms with Gasteiger partial charge in [0.2, 0.25) is 0 Å². The molecule has 2 heterocycles. The molecule has 1 aliphatic rings. The van der Waals surface area contributed by atoms with Crippen LogP contribution in [0, 0.1) is 0 Å². The summed E-state index contributed by atoms with van der Waals surface area (Å²) in [6.07, 6.45) is 2.07. The van der Waals surface area contributed by atoms with Gasteiger partial charge in [-0.2, -0.15) is 0 Å². The number of nitrogens with one attached hydrogen (secondary N) is 1. The molecule has 0 spiro atoms. The number of urea groups is 1. The predicted molar refractivity (Wildman–Crippen MR) is 83.5 cm³/mol. The Bertz CT molecular complexity index is 611. The first kappa shape index (κ1) is 14.0. The van der Waals surface area contributed by atoms with E-state index in [4.69, 9.17) is 11.6 Å². The molecule has 0 fully saturated rings. The number of hydrogen-bond acceptors (Lipinski definition) is 1. The molecule has 0 aliphatic carbocycles. The Morgan fingerprint density at radius 1 is 1.19 bits per heavy atom. The van der Waals surface area contributed by atoms with E-state index in [9.17, 15) is 4.79 Å². The van der Waals surface area contributed by atoms with Crippen LogP contribution in [0.4, 0.5) is 4.79 Å². The predicted octanol–water partition coefficient (Wildman–Crippen LogP) is 2.84. The molecule has 2 aromatic rings. The van der Waals surface area contributed by atoms with Crippen molar-refractivity contribution in [2.45, 2.75) is 12.6 Å². The molecule has 0 bridgehead atoms. The van der Waals surface area contributed by atoms with Gasteiger partial charge >= 0.3 is 6.03 Å². The standard InChI is InChI=1S/C16H18ClN3O/c17-8-9-18-16(21)20-12-11-19-10-4-7-14(19)15(20)13-5-2-1-3-6-13/h1-7,10,15H,8-9,11-12H2,(H,18,21). The van der Waals surface area contributed by atoms with Gasteiger partial charge < -0.3 is 14.8 Å². The lowest BCUT2D eigenvalue weighted by Crippen LogP contribution is -2.47. The molecule has 1 aromatic heterocycles. The normalized spacial score (nSPS) is 17.4. The van der Waals surface area contributed by atoms with Crippen molar-refractivity contribution in [3.05, 3.63) is 59.9 Å². The third kappa shape index (κ3) is 2.76. The fourth-order valence-corrected chi connectivity index (χ4v) is 2.94. The molecule has 1 atom stereocenters. The van der Waals surface area contributed by atoms with Crippen molar-refractivity contribution in [1.29, 1.82) is 0 Å². The summed E-state index contributed by atoms with van der Waals surface area (Å²) in [5.74, 6) is 0.423. The van der Waals surface area contributed by atoms with E-state index >= 15 is 0 Å². The van der Waals surface area contributed by atoms with Gasteiger partial charge in [0, 0.05) is 37.4 Å². The smallest absolute Gasteiger partial charge is 0.318 e. The second kappa shape index (κ2) is 6.22. The van der Waals surface area contributed by atoms with Gasteiger partial charge in [-0.1, -0.05) is 30.3 Å².